The number of carbonyl (C=O) groups excluding carboxylic acids is 1. The van der Waals surface area contributed by atoms with Gasteiger partial charge in [0.15, 0.2) is 5.82 Å². The minimum Gasteiger partial charge on any atom is -0.367 e. The van der Waals surface area contributed by atoms with Crippen molar-refractivity contribution < 1.29 is 4.79 Å². The van der Waals surface area contributed by atoms with Gasteiger partial charge in [-0.3, -0.25) is 4.79 Å². The smallest absolute Gasteiger partial charge is 0.270 e. The first-order chi connectivity index (χ1) is 13.2. The van der Waals surface area contributed by atoms with E-state index in [0.717, 1.165) is 17.5 Å². The molecule has 0 radical (unpaired) electrons. The van der Waals surface area contributed by atoms with Gasteiger partial charge in [-0.2, -0.15) is 0 Å². The van der Waals surface area contributed by atoms with Crippen LogP contribution in [0.5, 0.6) is 0 Å². The lowest BCUT2D eigenvalue weighted by molar-refractivity contribution is 0.0946. The lowest BCUT2D eigenvalue weighted by Gasteiger charge is -2.14. The van der Waals surface area contributed by atoms with Crippen molar-refractivity contribution in [3.8, 4) is 11.4 Å². The first kappa shape index (κ1) is 18.6. The van der Waals surface area contributed by atoms with Gasteiger partial charge in [0.05, 0.1) is 0 Å². The van der Waals surface area contributed by atoms with Gasteiger partial charge in [0.1, 0.15) is 11.5 Å². The molecule has 1 atom stereocenters. The average molecular weight is 360 g/mol. The molecule has 5 nitrogen and oxygen atoms in total. The number of nitrogens with one attached hydrogen (secondary N) is 2. The molecule has 0 aliphatic rings. The van der Waals surface area contributed by atoms with E-state index in [0.29, 0.717) is 23.9 Å². The summed E-state index contributed by atoms with van der Waals surface area (Å²) in [6, 6.07) is 21.5. The van der Waals surface area contributed by atoms with Gasteiger partial charge in [-0.05, 0) is 18.9 Å². The predicted molar refractivity (Wildman–Crippen MR) is 108 cm³/mol. The van der Waals surface area contributed by atoms with E-state index < -0.39 is 0 Å². The molecule has 1 unspecified atom stereocenters. The van der Waals surface area contributed by atoms with Crippen LogP contribution in [0, 0.1) is 0 Å². The van der Waals surface area contributed by atoms with Gasteiger partial charge in [-0.15, -0.1) is 0 Å². The first-order valence-corrected chi connectivity index (χ1v) is 9.19. The first-order valence-electron chi connectivity index (χ1n) is 9.19. The topological polar surface area (TPSA) is 66.9 Å². The van der Waals surface area contributed by atoms with E-state index in [1.54, 1.807) is 6.07 Å². The number of nitrogens with zero attached hydrogens (tertiary/aromatic N) is 2. The molecule has 5 heteroatoms. The molecule has 0 saturated carbocycles. The van der Waals surface area contributed by atoms with E-state index in [1.807, 2.05) is 60.7 Å². The molecule has 2 aromatic carbocycles. The number of amides is 1. The van der Waals surface area contributed by atoms with Crippen LogP contribution >= 0.6 is 0 Å². The van der Waals surface area contributed by atoms with Crippen molar-refractivity contribution in [1.82, 2.24) is 15.3 Å². The van der Waals surface area contributed by atoms with Crippen LogP contribution in [-0.2, 0) is 6.54 Å². The van der Waals surface area contributed by atoms with Crippen LogP contribution in [0.1, 0.15) is 36.3 Å². The van der Waals surface area contributed by atoms with Crippen molar-refractivity contribution >= 4 is 11.7 Å². The minimum absolute atomic E-state index is 0.217. The number of anilines is 1. The second-order valence-electron chi connectivity index (χ2n) is 6.45. The van der Waals surface area contributed by atoms with Crippen LogP contribution < -0.4 is 10.6 Å². The van der Waals surface area contributed by atoms with Crippen LogP contribution in [0.2, 0.25) is 0 Å². The number of carbonyl (C=O) groups is 1. The van der Waals surface area contributed by atoms with Crippen LogP contribution in [0.4, 0.5) is 5.82 Å². The van der Waals surface area contributed by atoms with Gasteiger partial charge >= 0.3 is 0 Å². The van der Waals surface area contributed by atoms with Crippen LogP contribution in [0.3, 0.4) is 0 Å². The SMILES string of the molecule is CCC(C)Nc1cc(C(=O)NCc2ccccc2)nc(-c2ccccc2)n1. The Morgan fingerprint density at radius 1 is 1.00 bits per heavy atom. The Morgan fingerprint density at radius 3 is 2.33 bits per heavy atom. The summed E-state index contributed by atoms with van der Waals surface area (Å²) in [5.41, 5.74) is 2.27. The highest BCUT2D eigenvalue weighted by Crippen LogP contribution is 2.18. The van der Waals surface area contributed by atoms with Gasteiger partial charge < -0.3 is 10.6 Å². The van der Waals surface area contributed by atoms with E-state index in [1.165, 1.54) is 0 Å². The number of hydrogen-bond acceptors (Lipinski definition) is 4. The highest BCUT2D eigenvalue weighted by atomic mass is 16.1. The van der Waals surface area contributed by atoms with E-state index in [9.17, 15) is 4.79 Å². The number of rotatable bonds is 7. The molecular formula is C22H24N4O. The Labute approximate surface area is 159 Å². The summed E-state index contributed by atoms with van der Waals surface area (Å²) in [5.74, 6) is 0.975. The zero-order valence-corrected chi connectivity index (χ0v) is 15.6. The zero-order chi connectivity index (χ0) is 19.1. The van der Waals surface area contributed by atoms with Crippen molar-refractivity contribution in [2.75, 3.05) is 5.32 Å². The maximum atomic E-state index is 12.7. The third kappa shape index (κ3) is 5.14. The quantitative estimate of drug-likeness (QED) is 0.660. The molecule has 0 aliphatic heterocycles. The lowest BCUT2D eigenvalue weighted by Crippen LogP contribution is -2.25. The summed E-state index contributed by atoms with van der Waals surface area (Å²) in [6.07, 6.45) is 0.959. The van der Waals surface area contributed by atoms with Gasteiger partial charge in [-0.1, -0.05) is 67.6 Å². The monoisotopic (exact) mass is 360 g/mol. The molecule has 0 aliphatic carbocycles. The summed E-state index contributed by atoms with van der Waals surface area (Å²) in [6.45, 7) is 4.64. The molecule has 1 heterocycles. The van der Waals surface area contributed by atoms with Gasteiger partial charge in [-0.25, -0.2) is 9.97 Å². The normalized spacial score (nSPS) is 11.6. The summed E-state index contributed by atoms with van der Waals surface area (Å²) in [7, 11) is 0. The van der Waals surface area contributed by atoms with Crippen molar-refractivity contribution in [2.24, 2.45) is 0 Å². The Morgan fingerprint density at radius 2 is 1.67 bits per heavy atom. The molecular weight excluding hydrogens is 336 g/mol. The molecule has 3 rings (SSSR count). The van der Waals surface area contributed by atoms with Crippen LogP contribution in [0.15, 0.2) is 66.7 Å². The second-order valence-corrected chi connectivity index (χ2v) is 6.45. The molecule has 0 spiro atoms. The van der Waals surface area contributed by atoms with E-state index >= 15 is 0 Å². The predicted octanol–water partition coefficient (Wildman–Crippen LogP) is 4.28. The summed E-state index contributed by atoms with van der Waals surface area (Å²) in [5, 5.41) is 6.27. The second kappa shape index (κ2) is 8.94. The number of aromatic nitrogens is 2. The van der Waals surface area contributed by atoms with Crippen LogP contribution in [-0.4, -0.2) is 21.9 Å². The molecule has 0 bridgehead atoms. The van der Waals surface area contributed by atoms with Crippen LogP contribution in [0.25, 0.3) is 11.4 Å². The van der Waals surface area contributed by atoms with E-state index in [-0.39, 0.29) is 11.9 Å². The molecule has 1 aromatic heterocycles. The molecule has 0 fully saturated rings. The highest BCUT2D eigenvalue weighted by Gasteiger charge is 2.14. The zero-order valence-electron chi connectivity index (χ0n) is 15.6. The van der Waals surface area contributed by atoms with Gasteiger partial charge in [0, 0.05) is 24.2 Å². The fourth-order valence-electron chi connectivity index (χ4n) is 2.58. The van der Waals surface area contributed by atoms with Crippen molar-refractivity contribution in [2.45, 2.75) is 32.9 Å². The van der Waals surface area contributed by atoms with Crippen molar-refractivity contribution in [3.63, 3.8) is 0 Å². The Kier molecular flexibility index (Phi) is 6.15. The molecule has 138 valence electrons. The summed E-state index contributed by atoms with van der Waals surface area (Å²) in [4.78, 5) is 21.8. The largest absolute Gasteiger partial charge is 0.367 e. The maximum Gasteiger partial charge on any atom is 0.270 e. The highest BCUT2D eigenvalue weighted by molar-refractivity contribution is 5.93. The maximum absolute atomic E-state index is 12.7. The van der Waals surface area contributed by atoms with Crippen molar-refractivity contribution in [3.05, 3.63) is 78.0 Å². The number of hydrogen-bond donors (Lipinski definition) is 2. The Bertz CT molecular complexity index is 881. The fourth-order valence-corrected chi connectivity index (χ4v) is 2.58. The number of benzene rings is 2. The molecule has 0 saturated heterocycles. The minimum atomic E-state index is -0.217. The Balaban J connectivity index is 1.86. The molecule has 3 aromatic rings. The molecule has 1 amide bonds. The summed E-state index contributed by atoms with van der Waals surface area (Å²) >= 11 is 0. The van der Waals surface area contributed by atoms with Gasteiger partial charge in [0.2, 0.25) is 0 Å². The Hall–Kier alpha value is -3.21. The molecule has 2 N–H and O–H groups in total. The molecule has 27 heavy (non-hydrogen) atoms. The average Bonchev–Trinajstić information content (AvgIpc) is 2.73. The van der Waals surface area contributed by atoms with Gasteiger partial charge in [0.25, 0.3) is 5.91 Å². The van der Waals surface area contributed by atoms with Crippen molar-refractivity contribution in [1.29, 1.82) is 0 Å². The third-order valence-electron chi connectivity index (χ3n) is 4.29. The third-order valence-corrected chi connectivity index (χ3v) is 4.29. The fraction of sp³-hybridized carbons (Fsp3) is 0.227. The van der Waals surface area contributed by atoms with E-state index in [2.05, 4.69) is 34.4 Å². The summed E-state index contributed by atoms with van der Waals surface area (Å²) < 4.78 is 0. The standard InChI is InChI=1S/C22H24N4O/c1-3-16(2)24-20-14-19(22(27)23-15-17-10-6-4-7-11-17)25-21(26-20)18-12-8-5-9-13-18/h4-14,16H,3,15H2,1-2H3,(H,23,27)(H,24,25,26). The van der Waals surface area contributed by atoms with E-state index in [4.69, 9.17) is 0 Å². The lowest BCUT2D eigenvalue weighted by atomic mass is 10.2.